The molecule has 0 radical (unpaired) electrons. The molecule has 6 heteroatoms. The molecule has 3 aromatic carbocycles. The van der Waals surface area contributed by atoms with Crippen LogP contribution < -0.4 is 10.1 Å². The van der Waals surface area contributed by atoms with E-state index in [0.717, 1.165) is 25.8 Å². The number of hydrogen-bond acceptors (Lipinski definition) is 2. The molecule has 0 aliphatic rings. The van der Waals surface area contributed by atoms with Gasteiger partial charge in [-0.2, -0.15) is 0 Å². The summed E-state index contributed by atoms with van der Waals surface area (Å²) in [6.07, 6.45) is 0. The Bertz CT molecular complexity index is 920. The summed E-state index contributed by atoms with van der Waals surface area (Å²) in [7, 11) is 0. The number of benzene rings is 3. The van der Waals surface area contributed by atoms with E-state index >= 15 is 0 Å². The van der Waals surface area contributed by atoms with Crippen LogP contribution in [0.1, 0.15) is 11.1 Å². The van der Waals surface area contributed by atoms with Gasteiger partial charge >= 0.3 is 0 Å². The van der Waals surface area contributed by atoms with Crippen molar-refractivity contribution in [3.63, 3.8) is 0 Å². The van der Waals surface area contributed by atoms with E-state index in [2.05, 4.69) is 37.2 Å². The first-order chi connectivity index (χ1) is 12.5. The number of anilines is 1. The molecule has 3 aromatic rings. The molecule has 134 valence electrons. The van der Waals surface area contributed by atoms with Gasteiger partial charge in [-0.05, 0) is 57.9 Å². The first-order valence-corrected chi connectivity index (χ1v) is 9.83. The van der Waals surface area contributed by atoms with Crippen LogP contribution in [-0.2, 0) is 13.2 Å². The highest BCUT2D eigenvalue weighted by Crippen LogP contribution is 2.34. The molecule has 1 N–H and O–H groups in total. The van der Waals surface area contributed by atoms with Crippen molar-refractivity contribution in [3.05, 3.63) is 91.6 Å². The molecule has 0 saturated heterocycles. The van der Waals surface area contributed by atoms with Crippen LogP contribution in [0.2, 0.25) is 5.02 Å². The molecule has 0 spiro atoms. The number of ether oxygens (including phenoxy) is 1. The second-order valence-corrected chi connectivity index (χ2v) is 7.81. The smallest absolute Gasteiger partial charge is 0.139 e. The van der Waals surface area contributed by atoms with E-state index in [4.69, 9.17) is 16.3 Å². The molecule has 3 rings (SSSR count). The quantitative estimate of drug-likeness (QED) is 0.387. The summed E-state index contributed by atoms with van der Waals surface area (Å²) in [6.45, 7) is 0.803. The van der Waals surface area contributed by atoms with Crippen molar-refractivity contribution in [1.29, 1.82) is 0 Å². The summed E-state index contributed by atoms with van der Waals surface area (Å²) < 4.78 is 21.1. The van der Waals surface area contributed by atoms with Crippen LogP contribution in [0.25, 0.3) is 0 Å². The van der Waals surface area contributed by atoms with Crippen LogP contribution >= 0.6 is 43.5 Å². The molecular formula is C20H15Br2ClFNO. The monoisotopic (exact) mass is 497 g/mol. The number of halogens is 4. The predicted molar refractivity (Wildman–Crippen MR) is 111 cm³/mol. The Morgan fingerprint density at radius 2 is 1.81 bits per heavy atom. The Morgan fingerprint density at radius 1 is 1.00 bits per heavy atom. The summed E-state index contributed by atoms with van der Waals surface area (Å²) in [5.74, 6) is 0.429. The molecule has 0 unspecified atom stereocenters. The zero-order valence-electron chi connectivity index (χ0n) is 13.6. The Labute approximate surface area is 173 Å². The fraction of sp³-hybridized carbons (Fsp3) is 0.100. The van der Waals surface area contributed by atoms with Crippen molar-refractivity contribution in [2.24, 2.45) is 0 Å². The standard InChI is InChI=1S/C20H15Br2ClFNO/c21-15-9-14(11-25-19-7-2-1-6-18(19)23)20(17(22)10-15)26-12-13-4-3-5-16(24)8-13/h1-10,25H,11-12H2. The summed E-state index contributed by atoms with van der Waals surface area (Å²) in [6, 6.07) is 17.8. The Morgan fingerprint density at radius 3 is 2.58 bits per heavy atom. The number of rotatable bonds is 6. The SMILES string of the molecule is Fc1cccc(COc2c(Br)cc(Br)cc2CNc2ccccc2Cl)c1. The minimum Gasteiger partial charge on any atom is -0.487 e. The molecule has 0 bridgehead atoms. The molecule has 0 atom stereocenters. The second-order valence-electron chi connectivity index (χ2n) is 5.63. The van der Waals surface area contributed by atoms with Crippen LogP contribution in [0, 0.1) is 5.82 Å². The van der Waals surface area contributed by atoms with E-state index in [1.54, 1.807) is 6.07 Å². The fourth-order valence-corrected chi connectivity index (χ4v) is 4.11. The summed E-state index contributed by atoms with van der Waals surface area (Å²) >= 11 is 13.2. The van der Waals surface area contributed by atoms with Crippen molar-refractivity contribution in [2.45, 2.75) is 13.2 Å². The third kappa shape index (κ3) is 5.00. The van der Waals surface area contributed by atoms with E-state index in [0.29, 0.717) is 17.3 Å². The van der Waals surface area contributed by atoms with E-state index in [1.807, 2.05) is 42.5 Å². The first kappa shape index (κ1) is 19.2. The van der Waals surface area contributed by atoms with Gasteiger partial charge in [0.25, 0.3) is 0 Å². The second kappa shape index (κ2) is 8.89. The maximum atomic E-state index is 13.4. The molecule has 0 aromatic heterocycles. The van der Waals surface area contributed by atoms with Gasteiger partial charge in [-0.15, -0.1) is 0 Å². The van der Waals surface area contributed by atoms with Crippen LogP contribution in [0.5, 0.6) is 5.75 Å². The van der Waals surface area contributed by atoms with Crippen LogP contribution in [-0.4, -0.2) is 0 Å². The molecule has 0 aliphatic heterocycles. The van der Waals surface area contributed by atoms with E-state index in [1.165, 1.54) is 12.1 Å². The van der Waals surface area contributed by atoms with Gasteiger partial charge in [-0.25, -0.2) is 4.39 Å². The molecule has 0 fully saturated rings. The highest BCUT2D eigenvalue weighted by atomic mass is 79.9. The molecule has 0 saturated carbocycles. The predicted octanol–water partition coefficient (Wildman–Crippen LogP) is 7.20. The Hall–Kier alpha value is -1.56. The van der Waals surface area contributed by atoms with Crippen molar-refractivity contribution < 1.29 is 9.13 Å². The lowest BCUT2D eigenvalue weighted by atomic mass is 10.2. The molecule has 2 nitrogen and oxygen atoms in total. The minimum atomic E-state index is -0.276. The highest BCUT2D eigenvalue weighted by molar-refractivity contribution is 9.11. The molecule has 26 heavy (non-hydrogen) atoms. The molecular weight excluding hydrogens is 484 g/mol. The summed E-state index contributed by atoms with van der Waals surface area (Å²) in [5.41, 5.74) is 2.56. The third-order valence-corrected chi connectivity index (χ3v) is 5.08. The highest BCUT2D eigenvalue weighted by Gasteiger charge is 2.12. The summed E-state index contributed by atoms with van der Waals surface area (Å²) in [4.78, 5) is 0. The van der Waals surface area contributed by atoms with Gasteiger partial charge in [0.05, 0.1) is 15.2 Å². The van der Waals surface area contributed by atoms with Gasteiger partial charge in [0, 0.05) is 16.6 Å². The van der Waals surface area contributed by atoms with E-state index in [9.17, 15) is 4.39 Å². The van der Waals surface area contributed by atoms with Crippen molar-refractivity contribution in [1.82, 2.24) is 0 Å². The van der Waals surface area contributed by atoms with Gasteiger partial charge in [-0.3, -0.25) is 0 Å². The van der Waals surface area contributed by atoms with Gasteiger partial charge in [0.1, 0.15) is 18.2 Å². The maximum Gasteiger partial charge on any atom is 0.139 e. The third-order valence-electron chi connectivity index (χ3n) is 3.70. The first-order valence-electron chi connectivity index (χ1n) is 7.86. The van der Waals surface area contributed by atoms with Crippen molar-refractivity contribution in [3.8, 4) is 5.75 Å². The van der Waals surface area contributed by atoms with Crippen molar-refractivity contribution in [2.75, 3.05) is 5.32 Å². The fourth-order valence-electron chi connectivity index (χ4n) is 2.48. The van der Waals surface area contributed by atoms with E-state index in [-0.39, 0.29) is 12.4 Å². The number of hydrogen-bond donors (Lipinski definition) is 1. The number of nitrogens with one attached hydrogen (secondary N) is 1. The van der Waals surface area contributed by atoms with Gasteiger partial charge in [0.2, 0.25) is 0 Å². The number of para-hydroxylation sites is 1. The van der Waals surface area contributed by atoms with Crippen LogP contribution in [0.4, 0.5) is 10.1 Å². The lowest BCUT2D eigenvalue weighted by Gasteiger charge is -2.16. The van der Waals surface area contributed by atoms with Crippen molar-refractivity contribution >= 4 is 49.1 Å². The topological polar surface area (TPSA) is 21.3 Å². The lowest BCUT2D eigenvalue weighted by molar-refractivity contribution is 0.300. The zero-order chi connectivity index (χ0) is 18.5. The van der Waals surface area contributed by atoms with Gasteiger partial charge < -0.3 is 10.1 Å². The Kier molecular flexibility index (Phi) is 6.57. The zero-order valence-corrected chi connectivity index (χ0v) is 17.5. The minimum absolute atomic E-state index is 0.275. The molecule has 0 amide bonds. The Balaban J connectivity index is 1.79. The maximum absolute atomic E-state index is 13.4. The normalized spacial score (nSPS) is 10.6. The average molecular weight is 500 g/mol. The molecule has 0 aliphatic carbocycles. The van der Waals surface area contributed by atoms with E-state index < -0.39 is 0 Å². The molecule has 0 heterocycles. The average Bonchev–Trinajstić information content (AvgIpc) is 2.60. The van der Waals surface area contributed by atoms with Crippen LogP contribution in [0.15, 0.2) is 69.6 Å². The van der Waals surface area contributed by atoms with Crippen LogP contribution in [0.3, 0.4) is 0 Å². The lowest BCUT2D eigenvalue weighted by Crippen LogP contribution is -2.05. The summed E-state index contributed by atoms with van der Waals surface area (Å²) in [5, 5.41) is 3.97. The van der Waals surface area contributed by atoms with Gasteiger partial charge in [-0.1, -0.05) is 51.8 Å². The largest absolute Gasteiger partial charge is 0.487 e. The van der Waals surface area contributed by atoms with Gasteiger partial charge in [0.15, 0.2) is 0 Å².